The predicted octanol–water partition coefficient (Wildman–Crippen LogP) is 3.26. The van der Waals surface area contributed by atoms with Gasteiger partial charge in [-0.2, -0.15) is 0 Å². The van der Waals surface area contributed by atoms with Crippen LogP contribution in [0.4, 0.5) is 0 Å². The highest BCUT2D eigenvalue weighted by molar-refractivity contribution is 5.60. The maximum atomic E-state index is 11.4. The maximum absolute atomic E-state index is 11.4. The van der Waals surface area contributed by atoms with Crippen molar-refractivity contribution in [2.75, 3.05) is 19.6 Å². The van der Waals surface area contributed by atoms with Gasteiger partial charge in [-0.1, -0.05) is 26.2 Å². The van der Waals surface area contributed by atoms with Crippen LogP contribution >= 0.6 is 0 Å². The Labute approximate surface area is 106 Å². The molecule has 0 amide bonds. The molecule has 2 rings (SSSR count). The fourth-order valence-corrected chi connectivity index (χ4v) is 3.63. The van der Waals surface area contributed by atoms with Gasteiger partial charge in [0.15, 0.2) is 0 Å². The zero-order valence-corrected chi connectivity index (χ0v) is 11.3. The molecular weight excluding hydrogens is 210 g/mol. The van der Waals surface area contributed by atoms with E-state index in [4.69, 9.17) is 0 Å². The van der Waals surface area contributed by atoms with Crippen LogP contribution in [-0.2, 0) is 4.79 Å². The van der Waals surface area contributed by atoms with Gasteiger partial charge >= 0.3 is 0 Å². The number of hydrogen-bond acceptors (Lipinski definition) is 2. The Balaban J connectivity index is 1.87. The summed E-state index contributed by atoms with van der Waals surface area (Å²) in [6, 6.07) is 0. The molecule has 1 heterocycles. The summed E-state index contributed by atoms with van der Waals surface area (Å²) in [5, 5.41) is 0. The van der Waals surface area contributed by atoms with E-state index in [1.54, 1.807) is 0 Å². The lowest BCUT2D eigenvalue weighted by molar-refractivity contribution is -0.117. The third-order valence-electron chi connectivity index (χ3n) is 4.91. The van der Waals surface area contributed by atoms with Crippen molar-refractivity contribution >= 4 is 6.29 Å². The van der Waals surface area contributed by atoms with Gasteiger partial charge in [0, 0.05) is 12.0 Å². The number of likely N-dealkylation sites (tertiary alicyclic amines) is 1. The summed E-state index contributed by atoms with van der Waals surface area (Å²) >= 11 is 0. The van der Waals surface area contributed by atoms with Gasteiger partial charge in [-0.25, -0.2) is 0 Å². The Kier molecular flexibility index (Phi) is 4.61. The zero-order chi connectivity index (χ0) is 12.1. The van der Waals surface area contributed by atoms with Crippen LogP contribution in [0.5, 0.6) is 0 Å². The Bertz CT molecular complexity index is 245. The van der Waals surface area contributed by atoms with Gasteiger partial charge in [-0.3, -0.25) is 0 Å². The van der Waals surface area contributed by atoms with Gasteiger partial charge in [-0.05, 0) is 51.1 Å². The van der Waals surface area contributed by atoms with E-state index in [0.717, 1.165) is 25.3 Å². The SMILES string of the molecule is CCC1CCCN(CC2(C=O)CCCC2)CC1. The van der Waals surface area contributed by atoms with Gasteiger partial charge in [-0.15, -0.1) is 0 Å². The van der Waals surface area contributed by atoms with E-state index < -0.39 is 0 Å². The summed E-state index contributed by atoms with van der Waals surface area (Å²) in [6.07, 6.45) is 11.4. The van der Waals surface area contributed by atoms with Crippen molar-refractivity contribution in [1.82, 2.24) is 4.90 Å². The molecule has 2 aliphatic rings. The lowest BCUT2D eigenvalue weighted by Crippen LogP contribution is -2.38. The fraction of sp³-hybridized carbons (Fsp3) is 0.933. The van der Waals surface area contributed by atoms with E-state index in [1.807, 2.05) is 0 Å². The van der Waals surface area contributed by atoms with Crippen molar-refractivity contribution in [2.24, 2.45) is 11.3 Å². The number of carbonyl (C=O) groups is 1. The number of carbonyl (C=O) groups excluding carboxylic acids is 1. The third-order valence-corrected chi connectivity index (χ3v) is 4.91. The minimum atomic E-state index is 0.0199. The van der Waals surface area contributed by atoms with E-state index in [2.05, 4.69) is 11.8 Å². The smallest absolute Gasteiger partial charge is 0.127 e. The highest BCUT2D eigenvalue weighted by atomic mass is 16.1. The molecule has 0 N–H and O–H groups in total. The molecule has 2 heteroatoms. The number of nitrogens with zero attached hydrogens (tertiary/aromatic N) is 1. The van der Waals surface area contributed by atoms with E-state index in [0.29, 0.717) is 0 Å². The highest BCUT2D eigenvalue weighted by Gasteiger charge is 2.35. The van der Waals surface area contributed by atoms with Crippen LogP contribution in [-0.4, -0.2) is 30.8 Å². The van der Waals surface area contributed by atoms with Crippen molar-refractivity contribution in [3.05, 3.63) is 0 Å². The van der Waals surface area contributed by atoms with Gasteiger partial charge in [0.1, 0.15) is 6.29 Å². The predicted molar refractivity (Wildman–Crippen MR) is 71.0 cm³/mol. The first-order chi connectivity index (χ1) is 8.28. The van der Waals surface area contributed by atoms with E-state index in [-0.39, 0.29) is 5.41 Å². The molecule has 0 aromatic rings. The molecule has 0 radical (unpaired) electrons. The average molecular weight is 237 g/mol. The van der Waals surface area contributed by atoms with Gasteiger partial charge in [0.25, 0.3) is 0 Å². The molecule has 0 aromatic carbocycles. The summed E-state index contributed by atoms with van der Waals surface area (Å²) in [5.41, 5.74) is 0.0199. The molecular formula is C15H27NO. The topological polar surface area (TPSA) is 20.3 Å². The van der Waals surface area contributed by atoms with Crippen LogP contribution in [0, 0.1) is 11.3 Å². The molecule has 0 spiro atoms. The van der Waals surface area contributed by atoms with Crippen molar-refractivity contribution in [3.63, 3.8) is 0 Å². The Morgan fingerprint density at radius 1 is 1.18 bits per heavy atom. The molecule has 1 aliphatic carbocycles. The zero-order valence-electron chi connectivity index (χ0n) is 11.3. The van der Waals surface area contributed by atoms with E-state index in [1.165, 1.54) is 57.9 Å². The second-order valence-electron chi connectivity index (χ2n) is 6.17. The standard InChI is InChI=1S/C15H27NO/c1-2-14-6-5-10-16(11-7-14)12-15(13-17)8-3-4-9-15/h13-14H,2-12H2,1H3. The van der Waals surface area contributed by atoms with Crippen molar-refractivity contribution < 1.29 is 4.79 Å². The molecule has 2 fully saturated rings. The van der Waals surface area contributed by atoms with Crippen LogP contribution < -0.4 is 0 Å². The molecule has 1 atom stereocenters. The Morgan fingerprint density at radius 3 is 2.59 bits per heavy atom. The van der Waals surface area contributed by atoms with E-state index >= 15 is 0 Å². The first kappa shape index (κ1) is 13.1. The lowest BCUT2D eigenvalue weighted by Gasteiger charge is -2.30. The normalized spacial score (nSPS) is 30.1. The van der Waals surface area contributed by atoms with Crippen LogP contribution in [0.25, 0.3) is 0 Å². The minimum Gasteiger partial charge on any atom is -0.303 e. The molecule has 17 heavy (non-hydrogen) atoms. The van der Waals surface area contributed by atoms with Crippen LogP contribution in [0.2, 0.25) is 0 Å². The maximum Gasteiger partial charge on any atom is 0.127 e. The van der Waals surface area contributed by atoms with Crippen molar-refractivity contribution in [3.8, 4) is 0 Å². The lowest BCUT2D eigenvalue weighted by atomic mass is 9.87. The van der Waals surface area contributed by atoms with Crippen LogP contribution in [0.15, 0.2) is 0 Å². The molecule has 2 nitrogen and oxygen atoms in total. The number of aldehydes is 1. The summed E-state index contributed by atoms with van der Waals surface area (Å²) in [6.45, 7) is 5.78. The van der Waals surface area contributed by atoms with E-state index in [9.17, 15) is 4.79 Å². The summed E-state index contributed by atoms with van der Waals surface area (Å²) in [5.74, 6) is 0.927. The highest BCUT2D eigenvalue weighted by Crippen LogP contribution is 2.37. The van der Waals surface area contributed by atoms with Crippen molar-refractivity contribution in [2.45, 2.75) is 58.3 Å². The molecule has 0 bridgehead atoms. The number of rotatable bonds is 4. The molecule has 98 valence electrons. The first-order valence-corrected chi connectivity index (χ1v) is 7.47. The summed E-state index contributed by atoms with van der Waals surface area (Å²) in [4.78, 5) is 13.9. The first-order valence-electron chi connectivity index (χ1n) is 7.47. The number of hydrogen-bond donors (Lipinski definition) is 0. The quantitative estimate of drug-likeness (QED) is 0.700. The second kappa shape index (κ2) is 5.99. The fourth-order valence-electron chi connectivity index (χ4n) is 3.63. The van der Waals surface area contributed by atoms with Crippen molar-refractivity contribution in [1.29, 1.82) is 0 Å². The minimum absolute atomic E-state index is 0.0199. The largest absolute Gasteiger partial charge is 0.303 e. The molecule has 1 saturated heterocycles. The average Bonchev–Trinajstić information content (AvgIpc) is 2.70. The van der Waals surface area contributed by atoms with Crippen LogP contribution in [0.3, 0.4) is 0 Å². The molecule has 1 saturated carbocycles. The summed E-state index contributed by atoms with van der Waals surface area (Å²) in [7, 11) is 0. The molecule has 1 unspecified atom stereocenters. The van der Waals surface area contributed by atoms with Gasteiger partial charge < -0.3 is 9.69 Å². The van der Waals surface area contributed by atoms with Gasteiger partial charge in [0.05, 0.1) is 0 Å². The summed E-state index contributed by atoms with van der Waals surface area (Å²) < 4.78 is 0. The van der Waals surface area contributed by atoms with Gasteiger partial charge in [0.2, 0.25) is 0 Å². The molecule has 1 aliphatic heterocycles. The molecule has 0 aromatic heterocycles. The Morgan fingerprint density at radius 2 is 1.94 bits per heavy atom. The van der Waals surface area contributed by atoms with Crippen LogP contribution in [0.1, 0.15) is 58.3 Å². The Hall–Kier alpha value is -0.370. The third kappa shape index (κ3) is 3.31. The second-order valence-corrected chi connectivity index (χ2v) is 6.17. The monoisotopic (exact) mass is 237 g/mol.